The molecule has 1 saturated heterocycles. The van der Waals surface area contributed by atoms with Gasteiger partial charge < -0.3 is 14.4 Å². The van der Waals surface area contributed by atoms with Gasteiger partial charge in [-0.2, -0.15) is 5.10 Å². The van der Waals surface area contributed by atoms with E-state index in [0.29, 0.717) is 25.5 Å². The molecule has 7 heteroatoms. The van der Waals surface area contributed by atoms with Crippen molar-refractivity contribution in [2.45, 2.75) is 6.54 Å². The molecule has 0 unspecified atom stereocenters. The van der Waals surface area contributed by atoms with Gasteiger partial charge in [-0.3, -0.25) is 9.78 Å². The summed E-state index contributed by atoms with van der Waals surface area (Å²) in [5.41, 5.74) is 1.42. The smallest absolute Gasteiger partial charge is 0.269 e. The molecule has 22 heavy (non-hydrogen) atoms. The second kappa shape index (κ2) is 6.57. The normalized spacial score (nSPS) is 14.9. The maximum absolute atomic E-state index is 12.2. The molecule has 1 aliphatic rings. The second-order valence-electron chi connectivity index (χ2n) is 5.00. The molecule has 0 spiro atoms. The number of methoxy groups -OCH3 is 1. The molecule has 0 atom stereocenters. The Morgan fingerprint density at radius 1 is 1.32 bits per heavy atom. The summed E-state index contributed by atoms with van der Waals surface area (Å²) in [5, 5.41) is 4.25. The van der Waals surface area contributed by atoms with E-state index in [1.54, 1.807) is 37.7 Å². The lowest BCUT2D eigenvalue weighted by Crippen LogP contribution is -2.37. The highest BCUT2D eigenvalue weighted by atomic mass is 16.5. The zero-order valence-electron chi connectivity index (χ0n) is 12.4. The Balaban J connectivity index is 1.78. The first kappa shape index (κ1) is 14.5. The molecule has 0 aromatic carbocycles. The molecule has 3 heterocycles. The van der Waals surface area contributed by atoms with Gasteiger partial charge in [0.1, 0.15) is 5.75 Å². The Bertz CT molecular complexity index is 695. The largest absolute Gasteiger partial charge is 0.497 e. The van der Waals surface area contributed by atoms with Crippen molar-refractivity contribution in [1.82, 2.24) is 14.8 Å². The van der Waals surface area contributed by atoms with E-state index in [0.717, 1.165) is 24.5 Å². The highest BCUT2D eigenvalue weighted by Crippen LogP contribution is 2.13. The standard InChI is InChI=1S/C15H18N4O3/c1-21-14-2-3-16-12(8-14)11-19-15(20)9-13(10-17-19)18-4-6-22-7-5-18/h2-3,8-10H,4-7,11H2,1H3. The summed E-state index contributed by atoms with van der Waals surface area (Å²) >= 11 is 0. The van der Waals surface area contributed by atoms with E-state index in [-0.39, 0.29) is 5.56 Å². The van der Waals surface area contributed by atoms with Crippen LogP contribution in [0.4, 0.5) is 5.69 Å². The minimum Gasteiger partial charge on any atom is -0.497 e. The minimum atomic E-state index is -0.145. The van der Waals surface area contributed by atoms with Crippen LogP contribution in [0.5, 0.6) is 5.75 Å². The molecule has 0 N–H and O–H groups in total. The Morgan fingerprint density at radius 2 is 2.14 bits per heavy atom. The number of morpholine rings is 1. The van der Waals surface area contributed by atoms with Crippen molar-refractivity contribution in [3.63, 3.8) is 0 Å². The average molecular weight is 302 g/mol. The van der Waals surface area contributed by atoms with Crippen molar-refractivity contribution in [2.24, 2.45) is 0 Å². The molecule has 2 aromatic rings. The molecule has 0 aliphatic carbocycles. The van der Waals surface area contributed by atoms with Crippen molar-refractivity contribution in [3.05, 3.63) is 46.6 Å². The van der Waals surface area contributed by atoms with Crippen LogP contribution in [-0.4, -0.2) is 48.2 Å². The van der Waals surface area contributed by atoms with Crippen molar-refractivity contribution in [3.8, 4) is 5.75 Å². The lowest BCUT2D eigenvalue weighted by molar-refractivity contribution is 0.122. The van der Waals surface area contributed by atoms with E-state index < -0.39 is 0 Å². The number of nitrogens with zero attached hydrogens (tertiary/aromatic N) is 4. The molecule has 0 amide bonds. The number of hydrogen-bond acceptors (Lipinski definition) is 6. The zero-order chi connectivity index (χ0) is 15.4. The van der Waals surface area contributed by atoms with Gasteiger partial charge in [-0.05, 0) is 6.07 Å². The fraction of sp³-hybridized carbons (Fsp3) is 0.400. The second-order valence-corrected chi connectivity index (χ2v) is 5.00. The number of hydrogen-bond donors (Lipinski definition) is 0. The van der Waals surface area contributed by atoms with E-state index in [1.807, 2.05) is 0 Å². The summed E-state index contributed by atoms with van der Waals surface area (Å²) in [6, 6.07) is 5.17. The molecule has 0 bridgehead atoms. The molecule has 1 aliphatic heterocycles. The summed E-state index contributed by atoms with van der Waals surface area (Å²) in [6.07, 6.45) is 3.37. The maximum Gasteiger partial charge on any atom is 0.269 e. The maximum atomic E-state index is 12.2. The van der Waals surface area contributed by atoms with Crippen molar-refractivity contribution >= 4 is 5.69 Å². The topological polar surface area (TPSA) is 69.5 Å². The molecule has 0 radical (unpaired) electrons. The molecule has 2 aromatic heterocycles. The number of pyridine rings is 1. The highest BCUT2D eigenvalue weighted by Gasteiger charge is 2.13. The van der Waals surface area contributed by atoms with Crippen LogP contribution < -0.4 is 15.2 Å². The lowest BCUT2D eigenvalue weighted by atomic mass is 10.3. The SMILES string of the molecule is COc1ccnc(Cn2ncc(N3CCOCC3)cc2=O)c1. The monoisotopic (exact) mass is 302 g/mol. The zero-order valence-corrected chi connectivity index (χ0v) is 12.4. The van der Waals surface area contributed by atoms with Gasteiger partial charge in [0.25, 0.3) is 5.56 Å². The van der Waals surface area contributed by atoms with Crippen LogP contribution in [0.25, 0.3) is 0 Å². The highest BCUT2D eigenvalue weighted by molar-refractivity contribution is 5.43. The third-order valence-electron chi connectivity index (χ3n) is 3.57. The lowest BCUT2D eigenvalue weighted by Gasteiger charge is -2.28. The van der Waals surface area contributed by atoms with Crippen molar-refractivity contribution in [1.29, 1.82) is 0 Å². The summed E-state index contributed by atoms with van der Waals surface area (Å²) in [5.74, 6) is 0.711. The van der Waals surface area contributed by atoms with Gasteiger partial charge in [-0.25, -0.2) is 4.68 Å². The van der Waals surface area contributed by atoms with E-state index in [1.165, 1.54) is 4.68 Å². The van der Waals surface area contributed by atoms with Crippen LogP contribution in [0, 0.1) is 0 Å². The van der Waals surface area contributed by atoms with Crippen LogP contribution >= 0.6 is 0 Å². The predicted molar refractivity (Wildman–Crippen MR) is 81.4 cm³/mol. The number of ether oxygens (including phenoxy) is 2. The molecular weight excluding hydrogens is 284 g/mol. The summed E-state index contributed by atoms with van der Waals surface area (Å²) < 4.78 is 11.9. The Labute approximate surface area is 128 Å². The first-order valence-corrected chi connectivity index (χ1v) is 7.15. The molecule has 0 saturated carbocycles. The Kier molecular flexibility index (Phi) is 4.34. The van der Waals surface area contributed by atoms with Gasteiger partial charge >= 0.3 is 0 Å². The summed E-state index contributed by atoms with van der Waals surface area (Å²) in [6.45, 7) is 3.23. The number of aromatic nitrogens is 3. The van der Waals surface area contributed by atoms with Crippen LogP contribution in [-0.2, 0) is 11.3 Å². The molecular formula is C15H18N4O3. The summed E-state index contributed by atoms with van der Waals surface area (Å²) in [7, 11) is 1.60. The van der Waals surface area contributed by atoms with Gasteiger partial charge in [0.2, 0.25) is 0 Å². The van der Waals surface area contributed by atoms with Crippen LogP contribution in [0.3, 0.4) is 0 Å². The predicted octanol–water partition coefficient (Wildman–Crippen LogP) is 0.532. The van der Waals surface area contributed by atoms with E-state index in [2.05, 4.69) is 15.0 Å². The molecule has 7 nitrogen and oxygen atoms in total. The van der Waals surface area contributed by atoms with Crippen LogP contribution in [0.1, 0.15) is 5.69 Å². The summed E-state index contributed by atoms with van der Waals surface area (Å²) in [4.78, 5) is 18.6. The third-order valence-corrected chi connectivity index (χ3v) is 3.57. The van der Waals surface area contributed by atoms with Crippen LogP contribution in [0.15, 0.2) is 35.4 Å². The fourth-order valence-corrected chi connectivity index (χ4v) is 2.36. The third kappa shape index (κ3) is 3.25. The van der Waals surface area contributed by atoms with Crippen molar-refractivity contribution in [2.75, 3.05) is 38.3 Å². The molecule has 1 fully saturated rings. The first-order valence-electron chi connectivity index (χ1n) is 7.15. The quantitative estimate of drug-likeness (QED) is 0.820. The number of anilines is 1. The first-order chi connectivity index (χ1) is 10.8. The van der Waals surface area contributed by atoms with Gasteiger partial charge in [0, 0.05) is 31.4 Å². The van der Waals surface area contributed by atoms with Gasteiger partial charge in [0.05, 0.1) is 44.4 Å². The minimum absolute atomic E-state index is 0.145. The van der Waals surface area contributed by atoms with E-state index >= 15 is 0 Å². The van der Waals surface area contributed by atoms with Gasteiger partial charge in [-0.1, -0.05) is 0 Å². The van der Waals surface area contributed by atoms with Crippen LogP contribution in [0.2, 0.25) is 0 Å². The number of rotatable bonds is 4. The molecule has 116 valence electrons. The average Bonchev–Trinajstić information content (AvgIpc) is 2.58. The van der Waals surface area contributed by atoms with Gasteiger partial charge in [0.15, 0.2) is 0 Å². The fourth-order valence-electron chi connectivity index (χ4n) is 2.36. The van der Waals surface area contributed by atoms with Crippen molar-refractivity contribution < 1.29 is 9.47 Å². The van der Waals surface area contributed by atoms with E-state index in [4.69, 9.17) is 9.47 Å². The van der Waals surface area contributed by atoms with E-state index in [9.17, 15) is 4.79 Å². The Morgan fingerprint density at radius 3 is 2.86 bits per heavy atom. The molecule has 3 rings (SSSR count). The van der Waals surface area contributed by atoms with Gasteiger partial charge in [-0.15, -0.1) is 0 Å². The Hall–Kier alpha value is -2.41.